The molecule has 2 aliphatic rings. The van der Waals surface area contributed by atoms with Crippen LogP contribution in [0.5, 0.6) is 0 Å². The largest absolute Gasteiger partial charge is 0.398 e. The van der Waals surface area contributed by atoms with Crippen molar-refractivity contribution in [1.82, 2.24) is 35.6 Å². The summed E-state index contributed by atoms with van der Waals surface area (Å²) in [7, 11) is 6.06. The van der Waals surface area contributed by atoms with Gasteiger partial charge in [-0.2, -0.15) is 0 Å². The number of nitrogens with one attached hydrogen (secondary N) is 5. The Hall–Kier alpha value is -5.39. The first-order valence-corrected chi connectivity index (χ1v) is 23.8. The molecule has 0 bridgehead atoms. The summed E-state index contributed by atoms with van der Waals surface area (Å²) in [5.41, 5.74) is 17.9. The highest BCUT2D eigenvalue weighted by atomic mass is 19.1. The molecule has 0 spiro atoms. The first kappa shape index (κ1) is 56.7. The Balaban J connectivity index is 0.000000308. The van der Waals surface area contributed by atoms with Gasteiger partial charge in [-0.3, -0.25) is 4.90 Å². The molecule has 3 heterocycles. The summed E-state index contributed by atoms with van der Waals surface area (Å²) in [6.07, 6.45) is 20.8. The molecule has 10 heteroatoms. The predicted molar refractivity (Wildman–Crippen MR) is 290 cm³/mol. The number of piperazine rings is 1. The molecular weight excluding hydrogens is 818 g/mol. The van der Waals surface area contributed by atoms with E-state index in [1.54, 1.807) is 12.1 Å². The van der Waals surface area contributed by atoms with E-state index in [4.69, 9.17) is 5.73 Å². The maximum Gasteiger partial charge on any atom is 0.123 e. The molecular formula is C56H86FN9. The van der Waals surface area contributed by atoms with Gasteiger partial charge < -0.3 is 41.8 Å². The quantitative estimate of drug-likeness (QED) is 0.0257. The molecule has 9 nitrogen and oxygen atoms in total. The highest BCUT2D eigenvalue weighted by molar-refractivity contribution is 5.91. The number of likely N-dealkylation sites (N-methyl/N-ethyl adjacent to an activating group) is 2. The van der Waals surface area contributed by atoms with Crippen LogP contribution in [0.2, 0.25) is 0 Å². The predicted octanol–water partition coefficient (Wildman–Crippen LogP) is 11.2. The summed E-state index contributed by atoms with van der Waals surface area (Å²) in [4.78, 5) is 10.5. The molecule has 7 N–H and O–H groups in total. The molecule has 1 unspecified atom stereocenters. The number of halogens is 1. The van der Waals surface area contributed by atoms with Crippen LogP contribution in [0.15, 0.2) is 112 Å². The summed E-state index contributed by atoms with van der Waals surface area (Å²) in [6.45, 7) is 43.6. The number of unbranched alkanes of at least 4 members (excludes halogenated alkanes) is 4. The molecule has 3 aromatic rings. The fourth-order valence-corrected chi connectivity index (χ4v) is 7.90. The van der Waals surface area contributed by atoms with Gasteiger partial charge in [-0.25, -0.2) is 4.39 Å². The maximum absolute atomic E-state index is 13.4. The molecule has 5 rings (SSSR count). The molecule has 0 saturated carbocycles. The van der Waals surface area contributed by atoms with E-state index in [0.29, 0.717) is 17.3 Å². The summed E-state index contributed by atoms with van der Waals surface area (Å²) >= 11 is 0. The van der Waals surface area contributed by atoms with Crippen LogP contribution >= 0.6 is 0 Å². The first-order valence-electron chi connectivity index (χ1n) is 23.8. The van der Waals surface area contributed by atoms with E-state index in [1.165, 1.54) is 100 Å². The number of benzene rings is 2. The molecule has 2 aliphatic heterocycles. The van der Waals surface area contributed by atoms with Gasteiger partial charge in [-0.15, -0.1) is 6.58 Å². The number of allylic oxidation sites excluding steroid dienone is 4. The second kappa shape index (κ2) is 32.3. The maximum atomic E-state index is 13.4. The fraction of sp³-hybridized carbons (Fsp3) is 0.429. The van der Waals surface area contributed by atoms with Crippen molar-refractivity contribution < 1.29 is 4.39 Å². The number of H-pyrrole nitrogens is 1. The monoisotopic (exact) mass is 904 g/mol. The lowest BCUT2D eigenvalue weighted by atomic mass is 10.0. The number of aromatic amines is 1. The molecule has 1 atom stereocenters. The summed E-state index contributed by atoms with van der Waals surface area (Å²) < 4.78 is 13.4. The zero-order chi connectivity index (χ0) is 48.9. The van der Waals surface area contributed by atoms with E-state index in [1.807, 2.05) is 65.5 Å². The van der Waals surface area contributed by atoms with Gasteiger partial charge in [0.15, 0.2) is 0 Å². The third-order valence-corrected chi connectivity index (χ3v) is 12.1. The minimum Gasteiger partial charge on any atom is -0.398 e. The number of piperidine rings is 1. The van der Waals surface area contributed by atoms with E-state index in [-0.39, 0.29) is 5.82 Å². The Labute approximate surface area is 400 Å². The average Bonchev–Trinajstić information content (AvgIpc) is 3.59. The molecule has 0 aliphatic carbocycles. The number of nitrogens with zero attached hydrogens (tertiary/aromatic N) is 3. The molecule has 362 valence electrons. The summed E-state index contributed by atoms with van der Waals surface area (Å²) in [6, 6.07) is 11.0. The van der Waals surface area contributed by atoms with Crippen LogP contribution in [0.3, 0.4) is 0 Å². The van der Waals surface area contributed by atoms with Gasteiger partial charge in [0, 0.05) is 92.6 Å². The lowest BCUT2D eigenvalue weighted by Crippen LogP contribution is -2.48. The Morgan fingerprint density at radius 3 is 2.12 bits per heavy atom. The van der Waals surface area contributed by atoms with E-state index in [0.717, 1.165) is 78.4 Å². The molecule has 0 radical (unpaired) electrons. The summed E-state index contributed by atoms with van der Waals surface area (Å²) in [5.74, 6) is -0.321. The Bertz CT molecular complexity index is 2000. The van der Waals surface area contributed by atoms with Crippen molar-refractivity contribution in [2.24, 2.45) is 0 Å². The molecule has 2 saturated heterocycles. The Morgan fingerprint density at radius 2 is 1.53 bits per heavy atom. The van der Waals surface area contributed by atoms with Gasteiger partial charge in [0.2, 0.25) is 0 Å². The normalized spacial score (nSPS) is 15.1. The van der Waals surface area contributed by atoms with Gasteiger partial charge in [0.05, 0.1) is 6.04 Å². The van der Waals surface area contributed by atoms with Crippen LogP contribution in [-0.4, -0.2) is 106 Å². The number of nitrogens with two attached hydrogens (primary N) is 1. The number of anilines is 2. The minimum atomic E-state index is -0.321. The second-order valence-electron chi connectivity index (χ2n) is 17.0. The van der Waals surface area contributed by atoms with Crippen LogP contribution < -0.4 is 27.0 Å². The van der Waals surface area contributed by atoms with E-state index >= 15 is 0 Å². The summed E-state index contributed by atoms with van der Waals surface area (Å²) in [5, 5.41) is 13.1. The van der Waals surface area contributed by atoms with Crippen molar-refractivity contribution in [3.8, 4) is 0 Å². The number of aromatic nitrogens is 1. The SMILES string of the molecule is C=C/C(=C\c1[nH]c(C)c(C=C)c1C)c1cc(F)ccc1N.C=CCCCCCCNc1cccc(C=C)c1C.C=CN(C)C1CCC(=C)NC1=C.CNCCCN1CCN(CCNC)CC1. The van der Waals surface area contributed by atoms with Crippen LogP contribution in [-0.2, 0) is 0 Å². The van der Waals surface area contributed by atoms with Crippen molar-refractivity contribution >= 4 is 35.2 Å². The van der Waals surface area contributed by atoms with Crippen molar-refractivity contribution in [1.29, 1.82) is 0 Å². The van der Waals surface area contributed by atoms with Crippen LogP contribution in [0.4, 0.5) is 15.8 Å². The topological polar surface area (TPSA) is 99.6 Å². The fourth-order valence-electron chi connectivity index (χ4n) is 7.90. The first-order chi connectivity index (χ1) is 31.8. The number of rotatable bonds is 22. The lowest BCUT2D eigenvalue weighted by molar-refractivity contribution is 0.132. The van der Waals surface area contributed by atoms with Gasteiger partial charge in [0.25, 0.3) is 0 Å². The van der Waals surface area contributed by atoms with E-state index < -0.39 is 0 Å². The van der Waals surface area contributed by atoms with Gasteiger partial charge in [-0.1, -0.05) is 88.8 Å². The standard InChI is InChI=1S/C18H19FN2.C17H25N.C11H26N4.C10H16N2/c1-5-13(16-10-14(19)7-8-17(16)20)9-18-11(3)15(6-2)12(4)21-18;1-4-6-7-8-9-10-14-18-17-13-11-12-16(5-2)15(17)3;1-12-4-3-6-14-8-10-15(11-9-14)7-5-13-2;1-5-12(4)10-7-6-8(2)11-9(10)3/h5-10,21H,1-2,20H2,3-4H3;4-5,11-13,18H,1-2,6-10,14H2,3H3;12-13H,3-11H2,1-2H3;5,10-11H,1-3,6-7H2,4H3/b13-9+;;;. The van der Waals surface area contributed by atoms with Crippen LogP contribution in [0.1, 0.15) is 90.6 Å². The third-order valence-electron chi connectivity index (χ3n) is 12.1. The van der Waals surface area contributed by atoms with Crippen LogP contribution in [0.25, 0.3) is 23.8 Å². The lowest BCUT2D eigenvalue weighted by Gasteiger charge is -2.34. The zero-order valence-corrected chi connectivity index (χ0v) is 41.8. The number of nitrogen functional groups attached to an aromatic ring is 1. The smallest absolute Gasteiger partial charge is 0.123 e. The third kappa shape index (κ3) is 20.0. The number of hydrogen-bond acceptors (Lipinski definition) is 8. The average molecular weight is 904 g/mol. The highest BCUT2D eigenvalue weighted by Crippen LogP contribution is 2.28. The van der Waals surface area contributed by atoms with Crippen molar-refractivity contribution in [2.45, 2.75) is 78.2 Å². The zero-order valence-electron chi connectivity index (χ0n) is 41.8. The Morgan fingerprint density at radius 1 is 0.848 bits per heavy atom. The number of aryl methyl sites for hydroxylation is 1. The minimum absolute atomic E-state index is 0.321. The van der Waals surface area contributed by atoms with Gasteiger partial charge in [-0.05, 0) is 151 Å². The molecule has 0 amide bonds. The molecule has 2 aromatic carbocycles. The highest BCUT2D eigenvalue weighted by Gasteiger charge is 2.20. The van der Waals surface area contributed by atoms with Crippen molar-refractivity contribution in [3.05, 3.63) is 157 Å². The van der Waals surface area contributed by atoms with Crippen LogP contribution in [0, 0.1) is 26.6 Å². The molecule has 66 heavy (non-hydrogen) atoms. The second-order valence-corrected chi connectivity index (χ2v) is 17.0. The van der Waals surface area contributed by atoms with E-state index in [9.17, 15) is 4.39 Å². The Kier molecular flexibility index (Phi) is 27.8. The molecule has 1 aromatic heterocycles. The van der Waals surface area contributed by atoms with Crippen molar-refractivity contribution in [2.75, 3.05) is 91.1 Å². The van der Waals surface area contributed by atoms with Crippen molar-refractivity contribution in [3.63, 3.8) is 0 Å². The van der Waals surface area contributed by atoms with Gasteiger partial charge in [0.1, 0.15) is 5.82 Å². The number of hydrogen-bond donors (Lipinski definition) is 6. The van der Waals surface area contributed by atoms with Gasteiger partial charge >= 0.3 is 0 Å². The molecule has 2 fully saturated rings. The van der Waals surface area contributed by atoms with E-state index in [2.05, 4.69) is 112 Å².